The number of amides is 2. The Bertz CT molecular complexity index is 890. The van der Waals surface area contributed by atoms with Crippen LogP contribution < -0.4 is 10.1 Å². The minimum atomic E-state index is -0.497. The Hall–Kier alpha value is -2.86. The standard InChI is InChI=1S/C23H26N2O4/c1-25-21(15-9-11-16(28-2)12-10-15)20(18-7-3-4-8-19(18)23(25)27)22(26)24-14-17-6-5-13-29-17/h3-4,7-12,17,20-21H,5-6,13-14H2,1-2H3,(H,24,26)/t17-,20+,21-/m1/s1. The molecule has 3 atom stereocenters. The molecular weight excluding hydrogens is 368 g/mol. The number of methoxy groups -OCH3 is 1. The van der Waals surface area contributed by atoms with Gasteiger partial charge in [-0.3, -0.25) is 9.59 Å². The van der Waals surface area contributed by atoms with E-state index in [1.807, 2.05) is 42.5 Å². The number of ether oxygens (including phenoxy) is 2. The lowest BCUT2D eigenvalue weighted by Gasteiger charge is -2.40. The maximum Gasteiger partial charge on any atom is 0.254 e. The van der Waals surface area contributed by atoms with Crippen LogP contribution in [0.5, 0.6) is 5.75 Å². The molecule has 0 saturated carbocycles. The van der Waals surface area contributed by atoms with Crippen LogP contribution in [0, 0.1) is 0 Å². The fourth-order valence-electron chi connectivity index (χ4n) is 4.30. The molecule has 6 nitrogen and oxygen atoms in total. The Morgan fingerprint density at radius 3 is 2.66 bits per heavy atom. The van der Waals surface area contributed by atoms with Crippen molar-refractivity contribution in [1.82, 2.24) is 10.2 Å². The molecule has 0 aromatic heterocycles. The lowest BCUT2D eigenvalue weighted by molar-refractivity contribution is -0.124. The molecule has 2 amide bonds. The van der Waals surface area contributed by atoms with Gasteiger partial charge in [-0.2, -0.15) is 0 Å². The molecule has 2 aliphatic rings. The van der Waals surface area contributed by atoms with Gasteiger partial charge in [0, 0.05) is 25.8 Å². The first-order chi connectivity index (χ1) is 14.1. The summed E-state index contributed by atoms with van der Waals surface area (Å²) in [6.45, 7) is 1.24. The molecule has 29 heavy (non-hydrogen) atoms. The summed E-state index contributed by atoms with van der Waals surface area (Å²) < 4.78 is 10.9. The number of carbonyl (C=O) groups is 2. The van der Waals surface area contributed by atoms with Gasteiger partial charge in [0.1, 0.15) is 5.75 Å². The Morgan fingerprint density at radius 1 is 1.21 bits per heavy atom. The zero-order chi connectivity index (χ0) is 20.4. The highest BCUT2D eigenvalue weighted by Crippen LogP contribution is 2.42. The largest absolute Gasteiger partial charge is 0.497 e. The van der Waals surface area contributed by atoms with E-state index in [-0.39, 0.29) is 17.9 Å². The molecule has 4 rings (SSSR count). The van der Waals surface area contributed by atoms with E-state index < -0.39 is 12.0 Å². The van der Waals surface area contributed by atoms with Crippen molar-refractivity contribution in [2.24, 2.45) is 0 Å². The third-order valence-electron chi connectivity index (χ3n) is 5.85. The van der Waals surface area contributed by atoms with Gasteiger partial charge >= 0.3 is 0 Å². The number of nitrogens with one attached hydrogen (secondary N) is 1. The molecule has 152 valence electrons. The molecule has 0 bridgehead atoms. The van der Waals surface area contributed by atoms with Gasteiger partial charge < -0.3 is 19.7 Å². The predicted octanol–water partition coefficient (Wildman–Crippen LogP) is 2.90. The zero-order valence-corrected chi connectivity index (χ0v) is 16.8. The van der Waals surface area contributed by atoms with E-state index in [1.165, 1.54) is 0 Å². The molecule has 2 aromatic carbocycles. The van der Waals surface area contributed by atoms with Crippen molar-refractivity contribution in [3.05, 3.63) is 65.2 Å². The van der Waals surface area contributed by atoms with Gasteiger partial charge in [0.25, 0.3) is 5.91 Å². The van der Waals surface area contributed by atoms with Gasteiger partial charge in [0.05, 0.1) is 25.2 Å². The van der Waals surface area contributed by atoms with E-state index in [4.69, 9.17) is 9.47 Å². The van der Waals surface area contributed by atoms with Gasteiger partial charge in [-0.25, -0.2) is 0 Å². The first kappa shape index (κ1) is 19.5. The number of benzene rings is 2. The van der Waals surface area contributed by atoms with Crippen LogP contribution in [0.4, 0.5) is 0 Å². The van der Waals surface area contributed by atoms with E-state index >= 15 is 0 Å². The second-order valence-corrected chi connectivity index (χ2v) is 7.58. The maximum absolute atomic E-state index is 13.3. The van der Waals surface area contributed by atoms with Crippen molar-refractivity contribution in [2.75, 3.05) is 27.3 Å². The van der Waals surface area contributed by atoms with Crippen molar-refractivity contribution in [3.8, 4) is 5.75 Å². The monoisotopic (exact) mass is 394 g/mol. The average molecular weight is 394 g/mol. The molecule has 0 radical (unpaired) electrons. The fraction of sp³-hybridized carbons (Fsp3) is 0.391. The van der Waals surface area contributed by atoms with Crippen LogP contribution in [0.3, 0.4) is 0 Å². The summed E-state index contributed by atoms with van der Waals surface area (Å²) >= 11 is 0. The van der Waals surface area contributed by atoms with Crippen LogP contribution in [-0.2, 0) is 9.53 Å². The van der Waals surface area contributed by atoms with E-state index in [9.17, 15) is 9.59 Å². The molecule has 0 aliphatic carbocycles. The lowest BCUT2D eigenvalue weighted by atomic mass is 9.79. The molecular formula is C23H26N2O4. The SMILES string of the molecule is COc1ccc([C@@H]2[C@@H](C(=O)NC[C@H]3CCCO3)c3ccccc3C(=O)N2C)cc1. The van der Waals surface area contributed by atoms with Gasteiger partial charge in [-0.15, -0.1) is 0 Å². The van der Waals surface area contributed by atoms with E-state index in [0.29, 0.717) is 12.1 Å². The summed E-state index contributed by atoms with van der Waals surface area (Å²) in [6.07, 6.45) is 2.05. The topological polar surface area (TPSA) is 67.9 Å². The number of likely N-dealkylation sites (N-methyl/N-ethyl adjacent to an activating group) is 1. The number of fused-ring (bicyclic) bond motifs is 1. The van der Waals surface area contributed by atoms with E-state index in [1.54, 1.807) is 25.1 Å². The van der Waals surface area contributed by atoms with Crippen molar-refractivity contribution in [2.45, 2.75) is 30.9 Å². The Labute approximate surface area is 170 Å². The van der Waals surface area contributed by atoms with Crippen molar-refractivity contribution in [3.63, 3.8) is 0 Å². The summed E-state index contributed by atoms with van der Waals surface area (Å²) in [5.41, 5.74) is 2.24. The Morgan fingerprint density at radius 2 is 1.97 bits per heavy atom. The molecule has 0 unspecified atom stereocenters. The summed E-state index contributed by atoms with van der Waals surface area (Å²) in [5, 5.41) is 3.07. The van der Waals surface area contributed by atoms with Crippen molar-refractivity contribution >= 4 is 11.8 Å². The fourth-order valence-corrected chi connectivity index (χ4v) is 4.30. The number of carbonyl (C=O) groups excluding carboxylic acids is 2. The predicted molar refractivity (Wildman–Crippen MR) is 109 cm³/mol. The molecule has 1 saturated heterocycles. The van der Waals surface area contributed by atoms with Crippen LogP contribution in [0.25, 0.3) is 0 Å². The molecule has 1 fully saturated rings. The van der Waals surface area contributed by atoms with Gasteiger partial charge in [-0.1, -0.05) is 30.3 Å². The molecule has 2 heterocycles. The quantitative estimate of drug-likeness (QED) is 0.847. The molecule has 0 spiro atoms. The number of hydrogen-bond acceptors (Lipinski definition) is 4. The first-order valence-electron chi connectivity index (χ1n) is 9.99. The number of rotatable bonds is 5. The van der Waals surface area contributed by atoms with E-state index in [0.717, 1.165) is 36.3 Å². The van der Waals surface area contributed by atoms with E-state index in [2.05, 4.69) is 5.32 Å². The minimum Gasteiger partial charge on any atom is -0.497 e. The van der Waals surface area contributed by atoms with Crippen molar-refractivity contribution < 1.29 is 19.1 Å². The van der Waals surface area contributed by atoms with Crippen LogP contribution in [0.1, 0.15) is 46.3 Å². The third-order valence-corrected chi connectivity index (χ3v) is 5.85. The Kier molecular flexibility index (Phi) is 5.53. The van der Waals surface area contributed by atoms with Crippen LogP contribution in [-0.4, -0.2) is 50.1 Å². The maximum atomic E-state index is 13.3. The van der Waals surface area contributed by atoms with Gasteiger partial charge in [-0.05, 0) is 42.2 Å². The molecule has 6 heteroatoms. The van der Waals surface area contributed by atoms with Crippen LogP contribution in [0.15, 0.2) is 48.5 Å². The molecule has 2 aliphatic heterocycles. The number of hydrogen-bond donors (Lipinski definition) is 1. The Balaban J connectivity index is 1.69. The highest BCUT2D eigenvalue weighted by atomic mass is 16.5. The second kappa shape index (κ2) is 8.25. The minimum absolute atomic E-state index is 0.0663. The van der Waals surface area contributed by atoms with Gasteiger partial charge in [0.2, 0.25) is 5.91 Å². The summed E-state index contributed by atoms with van der Waals surface area (Å²) in [4.78, 5) is 28.0. The molecule has 1 N–H and O–H groups in total. The molecule has 2 aromatic rings. The second-order valence-electron chi connectivity index (χ2n) is 7.58. The summed E-state index contributed by atoms with van der Waals surface area (Å²) in [5.74, 6) is 0.0692. The highest BCUT2D eigenvalue weighted by molar-refractivity contribution is 6.01. The normalized spacial score (nSPS) is 23.6. The van der Waals surface area contributed by atoms with Crippen LogP contribution in [0.2, 0.25) is 0 Å². The number of nitrogens with zero attached hydrogens (tertiary/aromatic N) is 1. The smallest absolute Gasteiger partial charge is 0.254 e. The van der Waals surface area contributed by atoms with Crippen LogP contribution >= 0.6 is 0 Å². The highest BCUT2D eigenvalue weighted by Gasteiger charge is 2.42. The average Bonchev–Trinajstić information content (AvgIpc) is 3.28. The van der Waals surface area contributed by atoms with Crippen molar-refractivity contribution in [1.29, 1.82) is 0 Å². The first-order valence-corrected chi connectivity index (χ1v) is 9.99. The zero-order valence-electron chi connectivity index (χ0n) is 16.8. The lowest BCUT2D eigenvalue weighted by Crippen LogP contribution is -2.46. The summed E-state index contributed by atoms with van der Waals surface area (Å²) in [6, 6.07) is 14.5. The summed E-state index contributed by atoms with van der Waals surface area (Å²) in [7, 11) is 3.37. The van der Waals surface area contributed by atoms with Gasteiger partial charge in [0.15, 0.2) is 0 Å². The third kappa shape index (κ3) is 3.72.